The molecule has 1 heterocycles. The number of halogens is 1. The zero-order valence-electron chi connectivity index (χ0n) is 21.2. The van der Waals surface area contributed by atoms with Gasteiger partial charge < -0.3 is 10.4 Å². The lowest BCUT2D eigenvalue weighted by molar-refractivity contribution is -0.137. The fraction of sp³-hybridized carbons (Fsp3) is 0.630. The van der Waals surface area contributed by atoms with Gasteiger partial charge in [-0.05, 0) is 74.5 Å². The number of carbonyl (C=O) groups is 2. The first-order valence-electron chi connectivity index (χ1n) is 12.7. The number of carbonyl (C=O) groups excluding carboxylic acids is 1. The first kappa shape index (κ1) is 25.7. The van der Waals surface area contributed by atoms with Crippen molar-refractivity contribution < 1.29 is 14.7 Å². The summed E-state index contributed by atoms with van der Waals surface area (Å²) >= 11 is 6.30. The molecule has 4 rings (SSSR count). The number of benzene rings is 1. The highest BCUT2D eigenvalue weighted by Gasteiger charge is 2.40. The van der Waals surface area contributed by atoms with Crippen molar-refractivity contribution in [1.82, 2.24) is 15.0 Å². The van der Waals surface area contributed by atoms with Gasteiger partial charge in [0.1, 0.15) is 0 Å². The molecule has 0 unspecified atom stereocenters. The van der Waals surface area contributed by atoms with Crippen molar-refractivity contribution in [3.05, 3.63) is 40.2 Å². The Morgan fingerprint density at radius 3 is 2.57 bits per heavy atom. The van der Waals surface area contributed by atoms with Gasteiger partial charge in [-0.15, -0.1) is 5.10 Å². The molecule has 1 amide bonds. The SMILES string of the molecule is Cc1ccc(NC(=O)C[C@H](CCC(=O)O)c2nnn([C@H]3C[C@@H](CC(C)(C)C)C3)c2C2CC2)c(Cl)c1. The van der Waals surface area contributed by atoms with Crippen LogP contribution in [0.4, 0.5) is 5.69 Å². The molecule has 1 atom stereocenters. The van der Waals surface area contributed by atoms with Crippen LogP contribution in [0.3, 0.4) is 0 Å². The van der Waals surface area contributed by atoms with Crippen LogP contribution in [0.15, 0.2) is 18.2 Å². The third-order valence-corrected chi connectivity index (χ3v) is 7.42. The minimum Gasteiger partial charge on any atom is -0.481 e. The predicted molar refractivity (Wildman–Crippen MR) is 137 cm³/mol. The van der Waals surface area contributed by atoms with Crippen LogP contribution in [-0.2, 0) is 9.59 Å². The molecule has 2 fully saturated rings. The number of nitrogens with zero attached hydrogens (tertiary/aromatic N) is 3. The molecule has 0 spiro atoms. The number of rotatable bonds is 10. The van der Waals surface area contributed by atoms with E-state index in [4.69, 9.17) is 11.6 Å². The molecular weight excluding hydrogens is 464 g/mol. The van der Waals surface area contributed by atoms with Gasteiger partial charge in [0.2, 0.25) is 5.91 Å². The quantitative estimate of drug-likeness (QED) is 0.389. The summed E-state index contributed by atoms with van der Waals surface area (Å²) in [6.07, 6.45) is 6.07. The van der Waals surface area contributed by atoms with Crippen molar-refractivity contribution in [3.8, 4) is 0 Å². The molecule has 0 saturated heterocycles. The summed E-state index contributed by atoms with van der Waals surface area (Å²) in [4.78, 5) is 24.4. The summed E-state index contributed by atoms with van der Waals surface area (Å²) in [6, 6.07) is 5.84. The number of carboxylic acid groups (broad SMARTS) is 1. The fourth-order valence-corrected chi connectivity index (χ4v) is 5.62. The average Bonchev–Trinajstić information content (AvgIpc) is 3.47. The molecule has 0 aliphatic heterocycles. The average molecular weight is 501 g/mol. The second-order valence-corrected chi connectivity index (χ2v) is 12.1. The Balaban J connectivity index is 1.51. The maximum Gasteiger partial charge on any atom is 0.303 e. The summed E-state index contributed by atoms with van der Waals surface area (Å²) < 4.78 is 2.11. The van der Waals surface area contributed by atoms with Gasteiger partial charge in [-0.1, -0.05) is 43.7 Å². The molecular formula is C27H37ClN4O3. The van der Waals surface area contributed by atoms with Crippen LogP contribution in [0.5, 0.6) is 0 Å². The molecule has 2 N–H and O–H groups in total. The first-order valence-corrected chi connectivity index (χ1v) is 13.1. The van der Waals surface area contributed by atoms with E-state index in [0.29, 0.717) is 40.4 Å². The molecule has 0 bridgehead atoms. The second-order valence-electron chi connectivity index (χ2n) is 11.7. The fourth-order valence-electron chi connectivity index (χ4n) is 5.34. The predicted octanol–water partition coefficient (Wildman–Crippen LogP) is 6.48. The topological polar surface area (TPSA) is 97.1 Å². The first-order chi connectivity index (χ1) is 16.5. The van der Waals surface area contributed by atoms with E-state index in [0.717, 1.165) is 42.6 Å². The number of amides is 1. The Morgan fingerprint density at radius 2 is 1.97 bits per heavy atom. The van der Waals surface area contributed by atoms with Crippen LogP contribution in [0.2, 0.25) is 5.02 Å². The van der Waals surface area contributed by atoms with Gasteiger partial charge in [0, 0.05) is 24.7 Å². The minimum absolute atomic E-state index is 0.0166. The van der Waals surface area contributed by atoms with Gasteiger partial charge in [-0.3, -0.25) is 9.59 Å². The molecule has 35 heavy (non-hydrogen) atoms. The smallest absolute Gasteiger partial charge is 0.303 e. The number of carboxylic acids is 1. The summed E-state index contributed by atoms with van der Waals surface area (Å²) in [5.41, 5.74) is 3.82. The van der Waals surface area contributed by atoms with Gasteiger partial charge in [0.15, 0.2) is 0 Å². The van der Waals surface area contributed by atoms with Crippen LogP contribution in [0, 0.1) is 18.3 Å². The number of hydrogen-bond acceptors (Lipinski definition) is 4. The number of nitrogens with one attached hydrogen (secondary N) is 1. The number of aryl methyl sites for hydroxylation is 1. The highest BCUT2D eigenvalue weighted by Crippen LogP contribution is 2.49. The molecule has 1 aromatic carbocycles. The van der Waals surface area contributed by atoms with Crippen LogP contribution >= 0.6 is 11.6 Å². The molecule has 190 valence electrons. The maximum atomic E-state index is 13.0. The number of aromatic nitrogens is 3. The largest absolute Gasteiger partial charge is 0.481 e. The Morgan fingerprint density at radius 1 is 1.26 bits per heavy atom. The summed E-state index contributed by atoms with van der Waals surface area (Å²) in [5.74, 6) is -0.265. The highest BCUT2D eigenvalue weighted by molar-refractivity contribution is 6.33. The Hall–Kier alpha value is -2.41. The zero-order chi connectivity index (χ0) is 25.3. The van der Waals surface area contributed by atoms with Gasteiger partial charge >= 0.3 is 5.97 Å². The van der Waals surface area contributed by atoms with E-state index in [1.54, 1.807) is 12.1 Å². The monoisotopic (exact) mass is 500 g/mol. The van der Waals surface area contributed by atoms with Crippen molar-refractivity contribution in [3.63, 3.8) is 0 Å². The Labute approximate surface area is 212 Å². The molecule has 2 aliphatic carbocycles. The van der Waals surface area contributed by atoms with E-state index in [2.05, 4.69) is 41.1 Å². The molecule has 8 heteroatoms. The summed E-state index contributed by atoms with van der Waals surface area (Å²) in [6.45, 7) is 8.79. The van der Waals surface area contributed by atoms with Gasteiger partial charge in [-0.25, -0.2) is 4.68 Å². The van der Waals surface area contributed by atoms with Crippen molar-refractivity contribution in [2.45, 2.75) is 96.9 Å². The zero-order valence-corrected chi connectivity index (χ0v) is 21.9. The van der Waals surface area contributed by atoms with Crippen molar-refractivity contribution in [1.29, 1.82) is 0 Å². The third-order valence-electron chi connectivity index (χ3n) is 7.10. The summed E-state index contributed by atoms with van der Waals surface area (Å²) in [5, 5.41) is 21.8. The van der Waals surface area contributed by atoms with E-state index >= 15 is 0 Å². The van der Waals surface area contributed by atoms with Crippen LogP contribution < -0.4 is 5.32 Å². The maximum absolute atomic E-state index is 13.0. The molecule has 7 nitrogen and oxygen atoms in total. The van der Waals surface area contributed by atoms with Crippen LogP contribution in [-0.4, -0.2) is 32.0 Å². The standard InChI is InChI=1S/C27H37ClN4O3/c1-16-5-9-22(21(28)11-16)29-23(33)14-19(8-10-24(34)35)25-26(18-6-7-18)32(31-30-25)20-12-17(13-20)15-27(2,3)4/h5,9,11,17-20H,6-8,10,12-15H2,1-4H3,(H,29,33)(H,34,35)/t17-,19-,20+/m0/s1. The lowest BCUT2D eigenvalue weighted by atomic mass is 9.71. The van der Waals surface area contributed by atoms with E-state index < -0.39 is 5.97 Å². The van der Waals surface area contributed by atoms with E-state index in [1.807, 2.05) is 13.0 Å². The molecule has 0 radical (unpaired) electrons. The molecule has 2 aromatic rings. The number of anilines is 1. The van der Waals surface area contributed by atoms with Crippen molar-refractivity contribution in [2.75, 3.05) is 5.32 Å². The number of aliphatic carboxylic acids is 1. The molecule has 2 saturated carbocycles. The van der Waals surface area contributed by atoms with E-state index in [-0.39, 0.29) is 24.7 Å². The number of hydrogen-bond donors (Lipinski definition) is 2. The lowest BCUT2D eigenvalue weighted by Gasteiger charge is -2.39. The minimum atomic E-state index is -0.874. The van der Waals surface area contributed by atoms with Gasteiger partial charge in [-0.2, -0.15) is 0 Å². The molecule has 1 aromatic heterocycles. The van der Waals surface area contributed by atoms with Crippen molar-refractivity contribution in [2.24, 2.45) is 11.3 Å². The lowest BCUT2D eigenvalue weighted by Crippen LogP contribution is -2.31. The normalized spacial score (nSPS) is 20.8. The van der Waals surface area contributed by atoms with Crippen LogP contribution in [0.25, 0.3) is 0 Å². The van der Waals surface area contributed by atoms with Gasteiger partial charge in [0.05, 0.1) is 28.1 Å². The van der Waals surface area contributed by atoms with Crippen LogP contribution in [0.1, 0.15) is 107 Å². The van der Waals surface area contributed by atoms with Gasteiger partial charge in [0.25, 0.3) is 0 Å². The van der Waals surface area contributed by atoms with Crippen molar-refractivity contribution >= 4 is 29.2 Å². The van der Waals surface area contributed by atoms with E-state index in [9.17, 15) is 14.7 Å². The molecule has 2 aliphatic rings. The van der Waals surface area contributed by atoms with E-state index in [1.165, 1.54) is 6.42 Å². The Bertz CT molecular complexity index is 1080. The second kappa shape index (κ2) is 10.3. The summed E-state index contributed by atoms with van der Waals surface area (Å²) in [7, 11) is 0. The highest BCUT2D eigenvalue weighted by atomic mass is 35.5. The third kappa shape index (κ3) is 6.63. The Kier molecular flexibility index (Phi) is 7.55.